The quantitative estimate of drug-likeness (QED) is 0.483. The molecule has 0 aliphatic rings. The molecule has 2 N–H and O–H groups in total. The Balaban J connectivity index is 1.82. The molecule has 0 bridgehead atoms. The number of phenolic OH excluding ortho intramolecular Hbond substituents is 1. The van der Waals surface area contributed by atoms with Gasteiger partial charge in [0.2, 0.25) is 0 Å². The van der Waals surface area contributed by atoms with Gasteiger partial charge in [-0.15, -0.1) is 0 Å². The lowest BCUT2D eigenvalue weighted by Gasteiger charge is -2.26. The summed E-state index contributed by atoms with van der Waals surface area (Å²) in [6, 6.07) is 14.8. The lowest BCUT2D eigenvalue weighted by atomic mass is 9.78. The number of hydrogen-bond acceptors (Lipinski definition) is 3. The maximum absolute atomic E-state index is 11.9. The zero-order valence-electron chi connectivity index (χ0n) is 17.3. The van der Waals surface area contributed by atoms with Crippen LogP contribution < -0.4 is 10.1 Å². The first-order chi connectivity index (χ1) is 13.4. The minimum atomic E-state index is -0.404. The fraction of sp³-hybridized carbons (Fsp3) is 0.458. The largest absolute Gasteiger partial charge is 0.508 e. The molecule has 0 aliphatic heterocycles. The van der Waals surface area contributed by atoms with Gasteiger partial charge in [-0.25, -0.2) is 4.79 Å². The predicted octanol–water partition coefficient (Wildman–Crippen LogP) is 6.17. The number of nitrogens with one attached hydrogen (secondary N) is 1. The van der Waals surface area contributed by atoms with Crippen LogP contribution in [0.1, 0.15) is 70.4 Å². The van der Waals surface area contributed by atoms with Crippen LogP contribution in [-0.4, -0.2) is 17.7 Å². The summed E-state index contributed by atoms with van der Waals surface area (Å²) in [5.74, 6) is 0.793. The lowest BCUT2D eigenvalue weighted by Crippen LogP contribution is -2.27. The van der Waals surface area contributed by atoms with Gasteiger partial charge >= 0.3 is 6.09 Å². The minimum Gasteiger partial charge on any atom is -0.508 e. The highest BCUT2D eigenvalue weighted by Gasteiger charge is 2.23. The molecule has 0 aliphatic carbocycles. The fourth-order valence-electron chi connectivity index (χ4n) is 3.22. The Kier molecular flexibility index (Phi) is 8.37. The van der Waals surface area contributed by atoms with E-state index in [-0.39, 0.29) is 11.2 Å². The summed E-state index contributed by atoms with van der Waals surface area (Å²) in [4.78, 5) is 11.9. The van der Waals surface area contributed by atoms with Crippen molar-refractivity contribution in [2.24, 2.45) is 0 Å². The second-order valence-electron chi connectivity index (χ2n) is 7.78. The van der Waals surface area contributed by atoms with Gasteiger partial charge in [0.15, 0.2) is 0 Å². The number of carbonyl (C=O) groups excluding carboxylic acids is 1. The standard InChI is InChI=1S/C24H33NO3/c1-4-5-6-7-8-9-18-25-23(27)28-22-16-12-20(13-17-22)24(2,3)19-10-14-21(26)15-11-19/h10-17,26H,4-9,18H2,1-3H3,(H,25,27). The Labute approximate surface area is 168 Å². The summed E-state index contributed by atoms with van der Waals surface area (Å²) in [5.41, 5.74) is 2.00. The smallest absolute Gasteiger partial charge is 0.412 e. The molecule has 0 atom stereocenters. The van der Waals surface area contributed by atoms with Crippen molar-refractivity contribution in [1.82, 2.24) is 5.32 Å². The van der Waals surface area contributed by atoms with Gasteiger partial charge in [0.25, 0.3) is 0 Å². The van der Waals surface area contributed by atoms with Gasteiger partial charge in [0.05, 0.1) is 0 Å². The molecular weight excluding hydrogens is 350 g/mol. The number of benzene rings is 2. The van der Waals surface area contributed by atoms with Crippen LogP contribution in [0.3, 0.4) is 0 Å². The van der Waals surface area contributed by atoms with Gasteiger partial charge in [-0.2, -0.15) is 0 Å². The number of hydrogen-bond donors (Lipinski definition) is 2. The molecule has 0 spiro atoms. The number of phenols is 1. The Hall–Kier alpha value is -2.49. The summed E-state index contributed by atoms with van der Waals surface area (Å²) in [6.45, 7) is 7.11. The minimum absolute atomic E-state index is 0.216. The van der Waals surface area contributed by atoms with E-state index in [0.717, 1.165) is 24.0 Å². The topological polar surface area (TPSA) is 58.6 Å². The van der Waals surface area contributed by atoms with Crippen LogP contribution in [0.15, 0.2) is 48.5 Å². The van der Waals surface area contributed by atoms with Gasteiger partial charge in [-0.3, -0.25) is 0 Å². The number of carbonyl (C=O) groups is 1. The first-order valence-electron chi connectivity index (χ1n) is 10.3. The summed E-state index contributed by atoms with van der Waals surface area (Å²) >= 11 is 0. The Bertz CT molecular complexity index is 721. The normalized spacial score (nSPS) is 11.2. The maximum Gasteiger partial charge on any atom is 0.412 e. The van der Waals surface area contributed by atoms with Crippen molar-refractivity contribution in [2.45, 2.75) is 64.7 Å². The van der Waals surface area contributed by atoms with Crippen molar-refractivity contribution in [3.8, 4) is 11.5 Å². The molecule has 2 aromatic carbocycles. The second kappa shape index (κ2) is 10.7. The highest BCUT2D eigenvalue weighted by atomic mass is 16.6. The van der Waals surface area contributed by atoms with Gasteiger partial charge in [-0.05, 0) is 41.8 Å². The monoisotopic (exact) mass is 383 g/mol. The van der Waals surface area contributed by atoms with Gasteiger partial charge < -0.3 is 15.2 Å². The molecule has 2 rings (SSSR count). The molecule has 0 radical (unpaired) electrons. The predicted molar refractivity (Wildman–Crippen MR) is 114 cm³/mol. The van der Waals surface area contributed by atoms with E-state index in [4.69, 9.17) is 4.74 Å². The van der Waals surface area contributed by atoms with Crippen molar-refractivity contribution in [1.29, 1.82) is 0 Å². The zero-order valence-corrected chi connectivity index (χ0v) is 17.3. The Morgan fingerprint density at radius 1 is 0.893 bits per heavy atom. The van der Waals surface area contributed by atoms with E-state index in [1.165, 1.54) is 25.7 Å². The van der Waals surface area contributed by atoms with E-state index in [0.29, 0.717) is 12.3 Å². The first-order valence-corrected chi connectivity index (χ1v) is 10.3. The lowest BCUT2D eigenvalue weighted by molar-refractivity contribution is 0.200. The third-order valence-electron chi connectivity index (χ3n) is 5.18. The number of amides is 1. The molecule has 0 aromatic heterocycles. The van der Waals surface area contributed by atoms with Gasteiger partial charge in [-0.1, -0.05) is 77.1 Å². The number of unbranched alkanes of at least 4 members (excludes halogenated alkanes) is 5. The molecule has 0 saturated carbocycles. The molecule has 1 amide bonds. The second-order valence-corrected chi connectivity index (χ2v) is 7.78. The summed E-state index contributed by atoms with van der Waals surface area (Å²) in [6.07, 6.45) is 6.75. The van der Waals surface area contributed by atoms with E-state index in [2.05, 4.69) is 26.1 Å². The number of aromatic hydroxyl groups is 1. The average molecular weight is 384 g/mol. The van der Waals surface area contributed by atoms with E-state index in [9.17, 15) is 9.90 Å². The fourth-order valence-corrected chi connectivity index (χ4v) is 3.22. The van der Waals surface area contributed by atoms with E-state index >= 15 is 0 Å². The molecule has 2 aromatic rings. The first kappa shape index (κ1) is 21.8. The highest BCUT2D eigenvalue weighted by Crippen LogP contribution is 2.33. The molecule has 0 saturated heterocycles. The van der Waals surface area contributed by atoms with Gasteiger partial charge in [0.1, 0.15) is 11.5 Å². The van der Waals surface area contributed by atoms with Crippen LogP contribution in [0.2, 0.25) is 0 Å². The Morgan fingerprint density at radius 2 is 1.43 bits per heavy atom. The average Bonchev–Trinajstić information content (AvgIpc) is 2.68. The van der Waals surface area contributed by atoms with Crippen LogP contribution in [0.25, 0.3) is 0 Å². The highest BCUT2D eigenvalue weighted by molar-refractivity contribution is 5.70. The molecule has 0 fully saturated rings. The van der Waals surface area contributed by atoms with Crippen LogP contribution in [0, 0.1) is 0 Å². The SMILES string of the molecule is CCCCCCCCNC(=O)Oc1ccc(C(C)(C)c2ccc(O)cc2)cc1. The third kappa shape index (κ3) is 6.59. The molecule has 4 nitrogen and oxygen atoms in total. The molecule has 4 heteroatoms. The Morgan fingerprint density at radius 3 is 2.04 bits per heavy atom. The van der Waals surface area contributed by atoms with Crippen LogP contribution in [0.4, 0.5) is 4.79 Å². The summed E-state index contributed by atoms with van der Waals surface area (Å²) < 4.78 is 5.37. The van der Waals surface area contributed by atoms with E-state index < -0.39 is 6.09 Å². The van der Waals surface area contributed by atoms with Gasteiger partial charge in [0, 0.05) is 12.0 Å². The molecule has 0 heterocycles. The van der Waals surface area contributed by atoms with Crippen molar-refractivity contribution < 1.29 is 14.6 Å². The van der Waals surface area contributed by atoms with Crippen LogP contribution >= 0.6 is 0 Å². The maximum atomic E-state index is 11.9. The van der Waals surface area contributed by atoms with Crippen molar-refractivity contribution in [2.75, 3.05) is 6.54 Å². The van der Waals surface area contributed by atoms with Crippen molar-refractivity contribution >= 4 is 6.09 Å². The summed E-state index contributed by atoms with van der Waals surface area (Å²) in [7, 11) is 0. The van der Waals surface area contributed by atoms with Crippen LogP contribution in [0.5, 0.6) is 11.5 Å². The summed E-state index contributed by atoms with van der Waals surface area (Å²) in [5, 5.41) is 12.3. The number of rotatable bonds is 10. The zero-order chi connectivity index (χ0) is 20.4. The van der Waals surface area contributed by atoms with Crippen LogP contribution in [-0.2, 0) is 5.41 Å². The van der Waals surface area contributed by atoms with Crippen molar-refractivity contribution in [3.05, 3.63) is 59.7 Å². The van der Waals surface area contributed by atoms with Crippen molar-refractivity contribution in [3.63, 3.8) is 0 Å². The third-order valence-corrected chi connectivity index (χ3v) is 5.18. The molecule has 0 unspecified atom stereocenters. The molecular formula is C24H33NO3. The number of ether oxygens (including phenoxy) is 1. The molecule has 28 heavy (non-hydrogen) atoms. The molecule has 152 valence electrons. The van der Waals surface area contributed by atoms with E-state index in [1.54, 1.807) is 12.1 Å². The van der Waals surface area contributed by atoms with E-state index in [1.807, 2.05) is 36.4 Å².